The molecule has 8 atom stereocenters. The lowest BCUT2D eigenvalue weighted by Gasteiger charge is -2.53. The Morgan fingerprint density at radius 1 is 1.00 bits per heavy atom. The van der Waals surface area contributed by atoms with Crippen molar-refractivity contribution in [1.29, 1.82) is 0 Å². The predicted molar refractivity (Wildman–Crippen MR) is 171 cm³/mol. The highest BCUT2D eigenvalue weighted by Gasteiger charge is 2.87. The normalized spacial score (nSPS) is 36.8. The lowest BCUT2D eigenvalue weighted by Crippen LogP contribution is -2.66. The summed E-state index contributed by atoms with van der Waals surface area (Å²) in [5, 5.41) is 34.9. The molecule has 3 N–H and O–H groups in total. The zero-order valence-electron chi connectivity index (χ0n) is 28.1. The van der Waals surface area contributed by atoms with E-state index in [4.69, 9.17) is 9.47 Å². The van der Waals surface area contributed by atoms with E-state index in [9.17, 15) is 24.9 Å². The van der Waals surface area contributed by atoms with Crippen molar-refractivity contribution in [1.82, 2.24) is 0 Å². The highest BCUT2D eigenvalue weighted by atomic mass is 16.6. The van der Waals surface area contributed by atoms with Crippen LogP contribution in [0.3, 0.4) is 0 Å². The van der Waals surface area contributed by atoms with Crippen molar-refractivity contribution in [2.45, 2.75) is 148 Å². The molecule has 7 nitrogen and oxygen atoms in total. The van der Waals surface area contributed by atoms with Crippen LogP contribution < -0.4 is 0 Å². The Balaban J connectivity index is 1.51. The molecule has 0 aliphatic heterocycles. The van der Waals surface area contributed by atoms with E-state index in [1.54, 1.807) is 19.9 Å². The number of fused-ring (bicyclic) bond motifs is 5. The molecule has 0 bridgehead atoms. The number of esters is 1. The van der Waals surface area contributed by atoms with Crippen LogP contribution in [0, 0.1) is 29.1 Å². The molecule has 0 spiro atoms. The first kappa shape index (κ1) is 34.9. The molecule has 0 unspecified atom stereocenters. The average molecular weight is 615 g/mol. The minimum Gasteiger partial charge on any atom is -0.488 e. The third kappa shape index (κ3) is 5.86. The number of ether oxygens (including phenoxy) is 2. The lowest BCUT2D eigenvalue weighted by atomic mass is 9.59. The number of aliphatic hydroxyl groups is 3. The van der Waals surface area contributed by atoms with Crippen LogP contribution in [-0.4, -0.2) is 56.6 Å². The van der Waals surface area contributed by atoms with E-state index < -0.39 is 51.9 Å². The first-order chi connectivity index (χ1) is 20.7. The maximum atomic E-state index is 13.4. The average Bonchev–Trinajstić information content (AvgIpc) is 3.38. The van der Waals surface area contributed by atoms with Crippen LogP contribution in [0.5, 0.6) is 0 Å². The lowest BCUT2D eigenvalue weighted by molar-refractivity contribution is -0.223. The minimum absolute atomic E-state index is 0.0584. The number of allylic oxidation sites excluding steroid dienone is 1. The van der Waals surface area contributed by atoms with Crippen LogP contribution in [0.4, 0.5) is 0 Å². The SMILES string of the molecule is C=C(C)O[C@@]12[C@H](OC(=O)CCCCCCCCCCCCC)[C@@H](C)[C@@]3(O)[C@@H](C=C(CO)C[C@]4(O)C(=O)C(C)=C[C@@H]34)[C@@H]1C2(C)C. The molecule has 0 heterocycles. The molecule has 0 aromatic rings. The van der Waals surface area contributed by atoms with Gasteiger partial charge in [0.2, 0.25) is 0 Å². The third-order valence-corrected chi connectivity index (χ3v) is 11.5. The third-order valence-electron chi connectivity index (χ3n) is 11.5. The molecule has 2 fully saturated rings. The van der Waals surface area contributed by atoms with Crippen molar-refractivity contribution in [2.75, 3.05) is 6.61 Å². The molecule has 4 rings (SSSR count). The summed E-state index contributed by atoms with van der Waals surface area (Å²) in [6.45, 7) is 15.3. The molecule has 0 aromatic carbocycles. The van der Waals surface area contributed by atoms with Crippen molar-refractivity contribution in [3.05, 3.63) is 35.6 Å². The molecule has 0 aromatic heterocycles. The molecule has 44 heavy (non-hydrogen) atoms. The van der Waals surface area contributed by atoms with Gasteiger partial charge in [0.05, 0.1) is 18.0 Å². The van der Waals surface area contributed by atoms with Gasteiger partial charge in [0.25, 0.3) is 0 Å². The monoisotopic (exact) mass is 614 g/mol. The van der Waals surface area contributed by atoms with Crippen LogP contribution in [0.25, 0.3) is 0 Å². The second-order valence-corrected chi connectivity index (χ2v) is 14.9. The largest absolute Gasteiger partial charge is 0.488 e. The smallest absolute Gasteiger partial charge is 0.306 e. The second-order valence-electron chi connectivity index (χ2n) is 14.9. The van der Waals surface area contributed by atoms with Crippen LogP contribution in [-0.2, 0) is 19.1 Å². The van der Waals surface area contributed by atoms with Crippen LogP contribution >= 0.6 is 0 Å². The first-order valence-corrected chi connectivity index (χ1v) is 17.3. The fourth-order valence-corrected chi connectivity index (χ4v) is 9.25. The highest BCUT2D eigenvalue weighted by molar-refractivity contribution is 6.04. The standard InChI is InChI=1S/C37H58O7/c1-8-9-10-11-12-13-14-15-16-17-18-19-30(39)43-33-26(5)36(42)28(31-34(6,7)37(31,33)44-24(2)3)21-27(23-38)22-35(41)29(36)20-25(4)32(35)40/h20-21,26,28-29,31,33,38,41-42H,2,8-19,22-23H2,1,3-7H3/t26-,28+,29-,31-,33-,35-,36-,37-/m1/s1. The summed E-state index contributed by atoms with van der Waals surface area (Å²) in [4.78, 5) is 26.7. The zero-order valence-corrected chi connectivity index (χ0v) is 28.1. The Labute approximate surface area is 265 Å². The highest BCUT2D eigenvalue weighted by Crippen LogP contribution is 2.77. The Kier molecular flexibility index (Phi) is 10.6. The second kappa shape index (κ2) is 13.4. The van der Waals surface area contributed by atoms with Crippen molar-refractivity contribution in [3.63, 3.8) is 0 Å². The van der Waals surface area contributed by atoms with Crippen molar-refractivity contribution < 1.29 is 34.4 Å². The van der Waals surface area contributed by atoms with E-state index in [0.717, 1.165) is 19.3 Å². The maximum Gasteiger partial charge on any atom is 0.306 e. The van der Waals surface area contributed by atoms with Gasteiger partial charge in [0.1, 0.15) is 11.7 Å². The van der Waals surface area contributed by atoms with Crippen LogP contribution in [0.15, 0.2) is 35.6 Å². The molecule has 0 saturated heterocycles. The Hall–Kier alpha value is -1.96. The number of carbonyl (C=O) groups excluding carboxylic acids is 2. The van der Waals surface area contributed by atoms with Crippen molar-refractivity contribution in [3.8, 4) is 0 Å². The van der Waals surface area contributed by atoms with Gasteiger partial charge in [-0.05, 0) is 31.4 Å². The first-order valence-electron chi connectivity index (χ1n) is 17.3. The van der Waals surface area contributed by atoms with Crippen LogP contribution in [0.2, 0.25) is 0 Å². The summed E-state index contributed by atoms with van der Waals surface area (Å²) < 4.78 is 12.8. The molecule has 4 aliphatic carbocycles. The summed E-state index contributed by atoms with van der Waals surface area (Å²) in [5.41, 5.74) is -4.07. The van der Waals surface area contributed by atoms with E-state index in [1.165, 1.54) is 51.4 Å². The fourth-order valence-electron chi connectivity index (χ4n) is 9.25. The maximum absolute atomic E-state index is 13.4. The molecule has 0 radical (unpaired) electrons. The van der Waals surface area contributed by atoms with E-state index in [0.29, 0.717) is 16.9 Å². The zero-order chi connectivity index (χ0) is 32.5. The number of ketones is 1. The Morgan fingerprint density at radius 3 is 2.11 bits per heavy atom. The van der Waals surface area contributed by atoms with Gasteiger partial charge in [-0.1, -0.05) is 111 Å². The van der Waals surface area contributed by atoms with Gasteiger partial charge < -0.3 is 24.8 Å². The van der Waals surface area contributed by atoms with Gasteiger partial charge in [-0.3, -0.25) is 9.59 Å². The van der Waals surface area contributed by atoms with Gasteiger partial charge >= 0.3 is 5.97 Å². The molecule has 7 heteroatoms. The van der Waals surface area contributed by atoms with Crippen LogP contribution in [0.1, 0.15) is 125 Å². The number of hydrogen-bond acceptors (Lipinski definition) is 7. The number of aliphatic hydroxyl groups excluding tert-OH is 1. The fraction of sp³-hybridized carbons (Fsp3) is 0.784. The Bertz CT molecular complexity index is 1150. The van der Waals surface area contributed by atoms with E-state index in [2.05, 4.69) is 13.5 Å². The quantitative estimate of drug-likeness (QED) is 0.0764. The summed E-state index contributed by atoms with van der Waals surface area (Å²) in [6, 6.07) is 0. The molecule has 248 valence electrons. The minimum atomic E-state index is -1.88. The number of rotatable bonds is 16. The summed E-state index contributed by atoms with van der Waals surface area (Å²) in [5.74, 6) is -2.73. The molecule has 4 aliphatic rings. The summed E-state index contributed by atoms with van der Waals surface area (Å²) in [6.07, 6.45) is 16.0. The Morgan fingerprint density at radius 2 is 1.57 bits per heavy atom. The number of hydrogen-bond donors (Lipinski definition) is 3. The molecular weight excluding hydrogens is 556 g/mol. The van der Waals surface area contributed by atoms with Gasteiger partial charge in [-0.2, -0.15) is 0 Å². The van der Waals surface area contributed by atoms with E-state index in [1.807, 2.05) is 26.8 Å². The molecule has 2 saturated carbocycles. The summed E-state index contributed by atoms with van der Waals surface area (Å²) in [7, 11) is 0. The van der Waals surface area contributed by atoms with Gasteiger partial charge in [-0.25, -0.2) is 0 Å². The molecule has 0 amide bonds. The van der Waals surface area contributed by atoms with Crippen molar-refractivity contribution in [2.24, 2.45) is 29.1 Å². The van der Waals surface area contributed by atoms with Gasteiger partial charge in [0.15, 0.2) is 11.4 Å². The topological polar surface area (TPSA) is 113 Å². The predicted octanol–water partition coefficient (Wildman–Crippen LogP) is 6.74. The van der Waals surface area contributed by atoms with Crippen molar-refractivity contribution >= 4 is 11.8 Å². The van der Waals surface area contributed by atoms with Gasteiger partial charge in [0, 0.05) is 41.9 Å². The number of Topliss-reactive ketones (excluding diaryl/α,β-unsaturated/α-hetero) is 1. The number of unbranched alkanes of at least 4 members (excludes halogenated alkanes) is 10. The molecular formula is C37H58O7. The summed E-state index contributed by atoms with van der Waals surface area (Å²) >= 11 is 0. The van der Waals surface area contributed by atoms with E-state index in [-0.39, 0.29) is 31.3 Å². The number of carbonyl (C=O) groups is 2. The van der Waals surface area contributed by atoms with E-state index >= 15 is 0 Å². The van der Waals surface area contributed by atoms with Gasteiger partial charge in [-0.15, -0.1) is 0 Å².